The first-order chi connectivity index (χ1) is 8.92. The monoisotopic (exact) mass is 249 g/mol. The zero-order chi connectivity index (χ0) is 11.7. The Morgan fingerprint density at radius 3 is 3.00 bits per heavy atom. The smallest absolute Gasteiger partial charge is 0.0678 e. The van der Waals surface area contributed by atoms with Crippen molar-refractivity contribution in [1.29, 1.82) is 0 Å². The average molecular weight is 249 g/mol. The van der Waals surface area contributed by atoms with Crippen LogP contribution in [-0.4, -0.2) is 6.21 Å². The predicted molar refractivity (Wildman–Crippen MR) is 78.6 cm³/mol. The van der Waals surface area contributed by atoms with Gasteiger partial charge in [0.2, 0.25) is 0 Å². The largest absolute Gasteiger partial charge is 0.261 e. The van der Waals surface area contributed by atoms with Crippen LogP contribution in [0.2, 0.25) is 0 Å². The second kappa shape index (κ2) is 3.01. The lowest BCUT2D eigenvalue weighted by molar-refractivity contribution is 0.957. The highest BCUT2D eigenvalue weighted by atomic mass is 32.1. The molecule has 1 aliphatic heterocycles. The third kappa shape index (κ3) is 0.966. The highest BCUT2D eigenvalue weighted by Gasteiger charge is 2.23. The van der Waals surface area contributed by atoms with Crippen molar-refractivity contribution < 1.29 is 0 Å². The maximum Gasteiger partial charge on any atom is 0.0678 e. The van der Waals surface area contributed by atoms with Gasteiger partial charge in [0.15, 0.2) is 0 Å². The van der Waals surface area contributed by atoms with E-state index in [4.69, 9.17) is 0 Å². The number of hydrogen-bond donors (Lipinski definition) is 0. The lowest BCUT2D eigenvalue weighted by Gasteiger charge is -2.16. The first-order valence-electron chi connectivity index (χ1n) is 6.43. The number of aryl methyl sites for hydroxylation is 2. The number of aliphatic imine (C=N–C) groups is 1. The number of hydrogen-bond acceptors (Lipinski definition) is 2. The van der Waals surface area contributed by atoms with Gasteiger partial charge < -0.3 is 0 Å². The van der Waals surface area contributed by atoms with Gasteiger partial charge in [-0.1, -0.05) is 12.1 Å². The van der Waals surface area contributed by atoms with Crippen molar-refractivity contribution in [3.8, 4) is 0 Å². The van der Waals surface area contributed by atoms with Crippen molar-refractivity contribution in [3.63, 3.8) is 0 Å². The summed E-state index contributed by atoms with van der Waals surface area (Å²) in [6.07, 6.45) is 5.46. The molecule has 86 valence electrons. The maximum atomic E-state index is 4.53. The predicted octanol–water partition coefficient (Wildman–Crippen LogP) is 4.41. The molecule has 2 aromatic carbocycles. The fourth-order valence-corrected chi connectivity index (χ4v) is 4.69. The van der Waals surface area contributed by atoms with Crippen LogP contribution in [0.1, 0.15) is 16.7 Å². The molecule has 0 amide bonds. The topological polar surface area (TPSA) is 12.4 Å². The van der Waals surface area contributed by atoms with E-state index in [1.54, 1.807) is 5.56 Å². The molecule has 0 atom stereocenters. The third-order valence-electron chi connectivity index (χ3n) is 4.24. The molecule has 1 nitrogen and oxygen atoms in total. The van der Waals surface area contributed by atoms with Crippen LogP contribution in [-0.2, 0) is 19.3 Å². The minimum Gasteiger partial charge on any atom is -0.261 e. The van der Waals surface area contributed by atoms with Crippen LogP contribution in [0.25, 0.3) is 20.2 Å². The number of rotatable bonds is 0. The van der Waals surface area contributed by atoms with Crippen LogP contribution in [0.5, 0.6) is 0 Å². The highest BCUT2D eigenvalue weighted by molar-refractivity contribution is 7.26. The second-order valence-corrected chi connectivity index (χ2v) is 6.22. The Labute approximate surface area is 109 Å². The van der Waals surface area contributed by atoms with Gasteiger partial charge in [0, 0.05) is 32.8 Å². The molecule has 0 unspecified atom stereocenters. The molecule has 3 aromatic rings. The van der Waals surface area contributed by atoms with Crippen LogP contribution in [0, 0.1) is 0 Å². The molecule has 0 saturated carbocycles. The normalized spacial score (nSPS) is 16.0. The summed E-state index contributed by atoms with van der Waals surface area (Å²) >= 11 is 1.92. The van der Waals surface area contributed by atoms with Crippen LogP contribution >= 0.6 is 11.3 Å². The standard InChI is InChI=1S/C16H11NS/c1-2-9-4-5-11-10-6-7-17-12(10)8-14-16(11)15(9)13(3-1)18-14/h1-3,7-8H,4-6H2. The summed E-state index contributed by atoms with van der Waals surface area (Å²) in [4.78, 5) is 4.53. The molecule has 0 fully saturated rings. The van der Waals surface area contributed by atoms with E-state index in [0.29, 0.717) is 0 Å². The Hall–Kier alpha value is -1.67. The van der Waals surface area contributed by atoms with Gasteiger partial charge in [-0.15, -0.1) is 11.3 Å². The van der Waals surface area contributed by atoms with Gasteiger partial charge in [0.25, 0.3) is 0 Å². The lowest BCUT2D eigenvalue weighted by Crippen LogP contribution is -2.02. The van der Waals surface area contributed by atoms with E-state index < -0.39 is 0 Å². The van der Waals surface area contributed by atoms with Crippen LogP contribution in [0.4, 0.5) is 5.69 Å². The van der Waals surface area contributed by atoms with Crippen molar-refractivity contribution in [2.75, 3.05) is 0 Å². The van der Waals surface area contributed by atoms with Crippen molar-refractivity contribution in [2.24, 2.45) is 4.99 Å². The summed E-state index contributed by atoms with van der Waals surface area (Å²) in [5, 5.41) is 3.05. The Kier molecular flexibility index (Phi) is 1.55. The van der Waals surface area contributed by atoms with Gasteiger partial charge in [-0.2, -0.15) is 0 Å². The molecule has 2 heterocycles. The van der Waals surface area contributed by atoms with Crippen molar-refractivity contribution in [3.05, 3.63) is 41.0 Å². The molecule has 0 radical (unpaired) electrons. The van der Waals surface area contributed by atoms with E-state index in [9.17, 15) is 0 Å². The summed E-state index contributed by atoms with van der Waals surface area (Å²) in [6, 6.07) is 9.04. The second-order valence-electron chi connectivity index (χ2n) is 5.13. The average Bonchev–Trinajstić information content (AvgIpc) is 2.99. The molecule has 0 N–H and O–H groups in total. The fraction of sp³-hybridized carbons (Fsp3) is 0.188. The molecular formula is C16H11NS. The molecule has 1 aromatic heterocycles. The molecular weight excluding hydrogens is 238 g/mol. The lowest BCUT2D eigenvalue weighted by atomic mass is 9.87. The van der Waals surface area contributed by atoms with Crippen LogP contribution in [0.15, 0.2) is 29.3 Å². The van der Waals surface area contributed by atoms with E-state index in [1.807, 2.05) is 11.3 Å². The summed E-state index contributed by atoms with van der Waals surface area (Å²) in [6.45, 7) is 0. The van der Waals surface area contributed by atoms with Gasteiger partial charge in [0.05, 0.1) is 5.69 Å². The Morgan fingerprint density at radius 2 is 2.00 bits per heavy atom. The molecule has 2 aliphatic rings. The molecule has 0 bridgehead atoms. The SMILES string of the molecule is C1=Nc2cc3sc4cccc5c4c3c(c2C1)CC5. The minimum atomic E-state index is 1.03. The maximum absolute atomic E-state index is 4.53. The summed E-state index contributed by atoms with van der Waals surface area (Å²) in [5.74, 6) is 0. The molecule has 0 spiro atoms. The van der Waals surface area contributed by atoms with E-state index in [1.165, 1.54) is 49.8 Å². The Bertz CT molecular complexity index is 855. The van der Waals surface area contributed by atoms with Crippen LogP contribution in [0.3, 0.4) is 0 Å². The van der Waals surface area contributed by atoms with E-state index in [0.717, 1.165) is 6.42 Å². The van der Waals surface area contributed by atoms with Crippen LogP contribution < -0.4 is 0 Å². The number of nitrogens with zero attached hydrogens (tertiary/aromatic N) is 1. The first-order valence-corrected chi connectivity index (χ1v) is 7.25. The minimum absolute atomic E-state index is 1.03. The number of fused-ring (bicyclic) bond motifs is 2. The van der Waals surface area contributed by atoms with Gasteiger partial charge in [-0.05, 0) is 41.7 Å². The van der Waals surface area contributed by atoms with Gasteiger partial charge in [0.1, 0.15) is 0 Å². The number of thiophene rings is 1. The van der Waals surface area contributed by atoms with Gasteiger partial charge in [-0.25, -0.2) is 0 Å². The van der Waals surface area contributed by atoms with Crippen molar-refractivity contribution in [1.82, 2.24) is 0 Å². The zero-order valence-electron chi connectivity index (χ0n) is 9.86. The summed E-state index contributed by atoms with van der Waals surface area (Å²) in [5.41, 5.74) is 5.80. The van der Waals surface area contributed by atoms with Crippen molar-refractivity contribution in [2.45, 2.75) is 19.3 Å². The third-order valence-corrected chi connectivity index (χ3v) is 5.34. The van der Waals surface area contributed by atoms with E-state index in [2.05, 4.69) is 35.5 Å². The molecule has 0 saturated heterocycles. The molecule has 5 rings (SSSR count). The van der Waals surface area contributed by atoms with Gasteiger partial charge in [-0.3, -0.25) is 4.99 Å². The number of benzene rings is 2. The van der Waals surface area contributed by atoms with Crippen molar-refractivity contribution >= 4 is 43.4 Å². The summed E-state index contributed by atoms with van der Waals surface area (Å²) in [7, 11) is 0. The molecule has 2 heteroatoms. The zero-order valence-corrected chi connectivity index (χ0v) is 10.7. The molecule has 18 heavy (non-hydrogen) atoms. The van der Waals surface area contributed by atoms with E-state index >= 15 is 0 Å². The fourth-order valence-electron chi connectivity index (χ4n) is 3.48. The van der Waals surface area contributed by atoms with E-state index in [-0.39, 0.29) is 0 Å². The Morgan fingerprint density at radius 1 is 1.00 bits per heavy atom. The summed E-state index contributed by atoms with van der Waals surface area (Å²) < 4.78 is 2.86. The van der Waals surface area contributed by atoms with Gasteiger partial charge >= 0.3 is 0 Å². The highest BCUT2D eigenvalue weighted by Crippen LogP contribution is 2.46. The Balaban J connectivity index is 2.12. The molecule has 1 aliphatic carbocycles. The quantitative estimate of drug-likeness (QED) is 0.559. The first kappa shape index (κ1) is 9.29.